The van der Waals surface area contributed by atoms with Crippen molar-refractivity contribution in [1.82, 2.24) is 14.3 Å². The number of carbonyl (C=O) groups is 1. The van der Waals surface area contributed by atoms with Gasteiger partial charge in [-0.3, -0.25) is 14.0 Å². The fourth-order valence-corrected chi connectivity index (χ4v) is 3.20. The first-order valence-electron chi connectivity index (χ1n) is 8.40. The molecule has 3 aromatic rings. The molecule has 1 amide bonds. The van der Waals surface area contributed by atoms with E-state index in [2.05, 4.69) is 4.98 Å². The summed E-state index contributed by atoms with van der Waals surface area (Å²) in [6.45, 7) is 1.86. The molecule has 1 aliphatic rings. The van der Waals surface area contributed by atoms with E-state index >= 15 is 0 Å². The molecule has 2 aromatic heterocycles. The third-order valence-electron chi connectivity index (χ3n) is 4.60. The first kappa shape index (κ1) is 16.3. The Morgan fingerprint density at radius 2 is 1.73 bits per heavy atom. The van der Waals surface area contributed by atoms with Crippen LogP contribution in [0, 0.1) is 5.82 Å². The molecule has 1 fully saturated rings. The molecule has 1 aliphatic heterocycles. The Morgan fingerprint density at radius 1 is 1.00 bits per heavy atom. The van der Waals surface area contributed by atoms with Crippen LogP contribution >= 0.6 is 0 Å². The minimum Gasteiger partial charge on any atom is -0.366 e. The largest absolute Gasteiger partial charge is 0.366 e. The highest BCUT2D eigenvalue weighted by atomic mass is 19.1. The second kappa shape index (κ2) is 6.59. The Morgan fingerprint density at radius 3 is 2.50 bits per heavy atom. The first-order valence-corrected chi connectivity index (χ1v) is 8.40. The number of para-hydroxylation sites is 1. The van der Waals surface area contributed by atoms with Gasteiger partial charge in [0, 0.05) is 38.6 Å². The van der Waals surface area contributed by atoms with Crippen molar-refractivity contribution in [2.45, 2.75) is 0 Å². The first-order chi connectivity index (χ1) is 12.6. The number of anilines is 1. The van der Waals surface area contributed by atoms with Crippen LogP contribution in [0.1, 0.15) is 10.4 Å². The molecule has 0 atom stereocenters. The van der Waals surface area contributed by atoms with E-state index in [9.17, 15) is 14.0 Å². The van der Waals surface area contributed by atoms with E-state index in [0.717, 1.165) is 0 Å². The molecule has 0 N–H and O–H groups in total. The number of aromatic nitrogens is 2. The summed E-state index contributed by atoms with van der Waals surface area (Å²) in [6.07, 6.45) is 2.93. The fourth-order valence-electron chi connectivity index (χ4n) is 3.20. The quantitative estimate of drug-likeness (QED) is 0.706. The summed E-state index contributed by atoms with van der Waals surface area (Å²) in [5.41, 5.74) is 0.704. The van der Waals surface area contributed by atoms with Crippen LogP contribution in [0.4, 0.5) is 10.1 Å². The molecule has 132 valence electrons. The summed E-state index contributed by atoms with van der Waals surface area (Å²) in [5, 5.41) is 0. The van der Waals surface area contributed by atoms with E-state index in [1.807, 2.05) is 4.90 Å². The topological polar surface area (TPSA) is 57.9 Å². The van der Waals surface area contributed by atoms with Crippen molar-refractivity contribution in [2.75, 3.05) is 31.1 Å². The smallest absolute Gasteiger partial charge is 0.270 e. The van der Waals surface area contributed by atoms with E-state index in [4.69, 9.17) is 0 Å². The number of benzene rings is 1. The molecule has 0 bridgehead atoms. The average Bonchev–Trinajstić information content (AvgIpc) is 2.69. The zero-order chi connectivity index (χ0) is 18.1. The lowest BCUT2D eigenvalue weighted by molar-refractivity contribution is 0.0744. The number of nitrogens with zero attached hydrogens (tertiary/aromatic N) is 4. The van der Waals surface area contributed by atoms with Gasteiger partial charge in [0.05, 0.1) is 5.69 Å². The maximum Gasteiger partial charge on any atom is 0.270 e. The summed E-state index contributed by atoms with van der Waals surface area (Å²) in [5.74, 6) is -0.613. The number of halogens is 1. The van der Waals surface area contributed by atoms with Crippen LogP contribution in [0.25, 0.3) is 5.65 Å². The number of pyridine rings is 1. The standard InChI is InChI=1S/C19H17FN4O2/c20-15-5-1-2-6-16(15)22-9-11-23(12-10-22)18(25)14-13-21-17-7-3-4-8-24(17)19(14)26/h1-8,13H,9-12H2. The van der Waals surface area contributed by atoms with Gasteiger partial charge in [-0.05, 0) is 24.3 Å². The van der Waals surface area contributed by atoms with E-state index in [1.54, 1.807) is 47.5 Å². The van der Waals surface area contributed by atoms with Gasteiger partial charge in [-0.2, -0.15) is 0 Å². The number of amides is 1. The van der Waals surface area contributed by atoms with Gasteiger partial charge in [0.15, 0.2) is 0 Å². The third kappa shape index (κ3) is 2.81. The van der Waals surface area contributed by atoms with Gasteiger partial charge in [-0.1, -0.05) is 18.2 Å². The van der Waals surface area contributed by atoms with Crippen molar-refractivity contribution < 1.29 is 9.18 Å². The Hall–Kier alpha value is -3.22. The van der Waals surface area contributed by atoms with Gasteiger partial charge in [0.25, 0.3) is 11.5 Å². The van der Waals surface area contributed by atoms with Crippen LogP contribution in [-0.2, 0) is 0 Å². The summed E-state index contributed by atoms with van der Waals surface area (Å²) >= 11 is 0. The molecular formula is C19H17FN4O2. The fraction of sp³-hybridized carbons (Fsp3) is 0.211. The van der Waals surface area contributed by atoms with Crippen molar-refractivity contribution in [3.05, 3.63) is 76.6 Å². The lowest BCUT2D eigenvalue weighted by atomic mass is 10.2. The molecule has 3 heterocycles. The Labute approximate surface area is 149 Å². The van der Waals surface area contributed by atoms with E-state index < -0.39 is 0 Å². The number of rotatable bonds is 2. The number of piperazine rings is 1. The molecule has 0 saturated carbocycles. The Balaban J connectivity index is 1.53. The van der Waals surface area contributed by atoms with E-state index in [-0.39, 0.29) is 22.8 Å². The second-order valence-electron chi connectivity index (χ2n) is 6.14. The third-order valence-corrected chi connectivity index (χ3v) is 4.60. The van der Waals surface area contributed by atoms with Crippen LogP contribution < -0.4 is 10.5 Å². The molecule has 4 rings (SSSR count). The molecular weight excluding hydrogens is 335 g/mol. The van der Waals surface area contributed by atoms with Crippen LogP contribution in [0.15, 0.2) is 59.7 Å². The van der Waals surface area contributed by atoms with E-state index in [1.165, 1.54) is 16.7 Å². The second-order valence-corrected chi connectivity index (χ2v) is 6.14. The Bertz CT molecular complexity index is 1030. The number of hydrogen-bond acceptors (Lipinski definition) is 4. The highest BCUT2D eigenvalue weighted by Gasteiger charge is 2.25. The van der Waals surface area contributed by atoms with E-state index in [0.29, 0.717) is 37.5 Å². The molecule has 0 aliphatic carbocycles. The lowest BCUT2D eigenvalue weighted by Crippen LogP contribution is -2.50. The minimum absolute atomic E-state index is 0.0491. The van der Waals surface area contributed by atoms with Gasteiger partial charge < -0.3 is 9.80 Å². The predicted molar refractivity (Wildman–Crippen MR) is 96.0 cm³/mol. The molecule has 0 spiro atoms. The van der Waals surface area contributed by atoms with Gasteiger partial charge >= 0.3 is 0 Å². The molecule has 26 heavy (non-hydrogen) atoms. The van der Waals surface area contributed by atoms with Crippen LogP contribution in [0.2, 0.25) is 0 Å². The monoisotopic (exact) mass is 352 g/mol. The highest BCUT2D eigenvalue weighted by Crippen LogP contribution is 2.20. The predicted octanol–water partition coefficient (Wildman–Crippen LogP) is 1.80. The van der Waals surface area contributed by atoms with Crippen LogP contribution in [-0.4, -0.2) is 46.4 Å². The zero-order valence-corrected chi connectivity index (χ0v) is 14.0. The minimum atomic E-state index is -0.378. The van der Waals surface area contributed by atoms with Crippen molar-refractivity contribution in [1.29, 1.82) is 0 Å². The maximum absolute atomic E-state index is 13.9. The van der Waals surface area contributed by atoms with Crippen LogP contribution in [0.5, 0.6) is 0 Å². The lowest BCUT2D eigenvalue weighted by Gasteiger charge is -2.36. The van der Waals surface area contributed by atoms with Gasteiger partial charge in [0.1, 0.15) is 17.0 Å². The molecule has 0 unspecified atom stereocenters. The van der Waals surface area contributed by atoms with Crippen molar-refractivity contribution in [3.63, 3.8) is 0 Å². The van der Waals surface area contributed by atoms with Crippen molar-refractivity contribution in [3.8, 4) is 0 Å². The average molecular weight is 352 g/mol. The number of hydrogen-bond donors (Lipinski definition) is 0. The summed E-state index contributed by atoms with van der Waals surface area (Å²) in [6, 6.07) is 11.8. The molecule has 6 nitrogen and oxygen atoms in total. The number of carbonyl (C=O) groups excluding carboxylic acids is 1. The van der Waals surface area contributed by atoms with Gasteiger partial charge in [0.2, 0.25) is 0 Å². The summed E-state index contributed by atoms with van der Waals surface area (Å²) in [7, 11) is 0. The molecule has 7 heteroatoms. The number of fused-ring (bicyclic) bond motifs is 1. The molecule has 0 radical (unpaired) electrons. The van der Waals surface area contributed by atoms with Crippen molar-refractivity contribution >= 4 is 17.2 Å². The highest BCUT2D eigenvalue weighted by molar-refractivity contribution is 5.94. The summed E-state index contributed by atoms with van der Waals surface area (Å²) < 4.78 is 15.3. The zero-order valence-electron chi connectivity index (χ0n) is 14.0. The Kier molecular flexibility index (Phi) is 4.12. The maximum atomic E-state index is 13.9. The van der Waals surface area contributed by atoms with Crippen molar-refractivity contribution in [2.24, 2.45) is 0 Å². The van der Waals surface area contributed by atoms with Gasteiger partial charge in [-0.25, -0.2) is 9.37 Å². The van der Waals surface area contributed by atoms with Gasteiger partial charge in [-0.15, -0.1) is 0 Å². The SMILES string of the molecule is O=C(c1cnc2ccccn2c1=O)N1CCN(c2ccccc2F)CC1. The molecule has 1 saturated heterocycles. The van der Waals surface area contributed by atoms with Crippen LogP contribution in [0.3, 0.4) is 0 Å². The normalized spacial score (nSPS) is 14.7. The molecule has 1 aromatic carbocycles. The summed E-state index contributed by atoms with van der Waals surface area (Å²) in [4.78, 5) is 33.0.